The van der Waals surface area contributed by atoms with E-state index in [1.165, 1.54) is 11.1 Å². The topological polar surface area (TPSA) is 52.6 Å². The van der Waals surface area contributed by atoms with Crippen molar-refractivity contribution in [2.75, 3.05) is 13.1 Å². The van der Waals surface area contributed by atoms with Crippen LogP contribution in [0.25, 0.3) is 0 Å². The number of amides is 1. The smallest absolute Gasteiger partial charge is 0.240 e. The minimum absolute atomic E-state index is 0.0855. The highest BCUT2D eigenvalue weighted by atomic mass is 16.3. The lowest BCUT2D eigenvalue weighted by atomic mass is 10.1. The maximum atomic E-state index is 12.4. The van der Waals surface area contributed by atoms with E-state index in [0.717, 1.165) is 0 Å². The van der Waals surface area contributed by atoms with E-state index in [2.05, 4.69) is 24.4 Å². The standard InChI is InChI=1S/C15H22N2O2/c1-3-17(10-12-7-5-4-6-11(12)2)15(19)14-8-13(18)9-16-14/h4-7,13-14,16,18H,3,8-10H2,1-2H3. The molecule has 2 atom stereocenters. The largest absolute Gasteiger partial charge is 0.392 e. The van der Waals surface area contributed by atoms with Crippen LogP contribution in [0.2, 0.25) is 0 Å². The van der Waals surface area contributed by atoms with Crippen LogP contribution in [0.3, 0.4) is 0 Å². The zero-order chi connectivity index (χ0) is 13.8. The number of hydrogen-bond donors (Lipinski definition) is 2. The van der Waals surface area contributed by atoms with E-state index in [-0.39, 0.29) is 11.9 Å². The molecule has 2 N–H and O–H groups in total. The predicted molar refractivity (Wildman–Crippen MR) is 74.7 cm³/mol. The van der Waals surface area contributed by atoms with Gasteiger partial charge in [-0.15, -0.1) is 0 Å². The number of carbonyl (C=O) groups is 1. The van der Waals surface area contributed by atoms with E-state index in [9.17, 15) is 9.90 Å². The Kier molecular flexibility index (Phi) is 4.56. The lowest BCUT2D eigenvalue weighted by Crippen LogP contribution is -2.43. The molecule has 1 aliphatic rings. The molecular weight excluding hydrogens is 240 g/mol. The Labute approximate surface area is 114 Å². The van der Waals surface area contributed by atoms with Gasteiger partial charge in [0.15, 0.2) is 0 Å². The van der Waals surface area contributed by atoms with Crippen LogP contribution in [0.15, 0.2) is 24.3 Å². The Morgan fingerprint density at radius 2 is 2.21 bits per heavy atom. The molecule has 1 saturated heterocycles. The number of aliphatic hydroxyl groups excluding tert-OH is 1. The van der Waals surface area contributed by atoms with Crippen molar-refractivity contribution >= 4 is 5.91 Å². The van der Waals surface area contributed by atoms with Crippen LogP contribution >= 0.6 is 0 Å². The van der Waals surface area contributed by atoms with Gasteiger partial charge in [0.2, 0.25) is 5.91 Å². The summed E-state index contributed by atoms with van der Waals surface area (Å²) in [7, 11) is 0. The van der Waals surface area contributed by atoms with E-state index < -0.39 is 6.10 Å². The van der Waals surface area contributed by atoms with Crippen molar-refractivity contribution in [1.82, 2.24) is 10.2 Å². The van der Waals surface area contributed by atoms with Crippen molar-refractivity contribution in [2.24, 2.45) is 0 Å². The minimum Gasteiger partial charge on any atom is -0.392 e. The summed E-state index contributed by atoms with van der Waals surface area (Å²) < 4.78 is 0. The van der Waals surface area contributed by atoms with Gasteiger partial charge in [0.05, 0.1) is 12.1 Å². The summed E-state index contributed by atoms with van der Waals surface area (Å²) in [4.78, 5) is 14.2. The fraction of sp³-hybridized carbons (Fsp3) is 0.533. The van der Waals surface area contributed by atoms with Crippen molar-refractivity contribution in [3.63, 3.8) is 0 Å². The highest BCUT2D eigenvalue weighted by Crippen LogP contribution is 2.14. The Bertz CT molecular complexity index is 448. The van der Waals surface area contributed by atoms with Gasteiger partial charge in [-0.3, -0.25) is 4.79 Å². The number of aryl methyl sites for hydroxylation is 1. The van der Waals surface area contributed by atoms with Gasteiger partial charge < -0.3 is 15.3 Å². The zero-order valence-corrected chi connectivity index (χ0v) is 11.6. The molecule has 0 aliphatic carbocycles. The first-order chi connectivity index (χ1) is 9.11. The van der Waals surface area contributed by atoms with Gasteiger partial charge >= 0.3 is 0 Å². The number of nitrogens with zero attached hydrogens (tertiary/aromatic N) is 1. The quantitative estimate of drug-likeness (QED) is 0.853. The molecule has 1 fully saturated rings. The third-order valence-corrected chi connectivity index (χ3v) is 3.72. The molecule has 104 valence electrons. The van der Waals surface area contributed by atoms with Gasteiger partial charge in [0, 0.05) is 19.6 Å². The van der Waals surface area contributed by atoms with Crippen LogP contribution in [0.5, 0.6) is 0 Å². The zero-order valence-electron chi connectivity index (χ0n) is 11.6. The molecule has 1 heterocycles. The molecule has 1 aromatic carbocycles. The van der Waals surface area contributed by atoms with Crippen LogP contribution in [0.1, 0.15) is 24.5 Å². The van der Waals surface area contributed by atoms with E-state index >= 15 is 0 Å². The average molecular weight is 262 g/mol. The molecule has 19 heavy (non-hydrogen) atoms. The summed E-state index contributed by atoms with van der Waals surface area (Å²) in [5.74, 6) is 0.0855. The summed E-state index contributed by atoms with van der Waals surface area (Å²) >= 11 is 0. The number of rotatable bonds is 4. The molecule has 2 unspecified atom stereocenters. The van der Waals surface area contributed by atoms with E-state index in [0.29, 0.717) is 26.1 Å². The number of aliphatic hydroxyl groups is 1. The third kappa shape index (κ3) is 3.33. The molecule has 0 spiro atoms. The normalized spacial score (nSPS) is 22.5. The van der Waals surface area contributed by atoms with Crippen LogP contribution in [0, 0.1) is 6.92 Å². The molecule has 4 nitrogen and oxygen atoms in total. The van der Waals surface area contributed by atoms with E-state index in [1.54, 1.807) is 0 Å². The van der Waals surface area contributed by atoms with Gasteiger partial charge in [-0.1, -0.05) is 24.3 Å². The summed E-state index contributed by atoms with van der Waals surface area (Å²) in [6.45, 7) is 5.88. The average Bonchev–Trinajstić information content (AvgIpc) is 2.84. The highest BCUT2D eigenvalue weighted by Gasteiger charge is 2.30. The first-order valence-corrected chi connectivity index (χ1v) is 6.86. The molecule has 1 amide bonds. The summed E-state index contributed by atoms with van der Waals surface area (Å²) in [6.07, 6.45) is 0.120. The molecule has 1 aliphatic heterocycles. The molecule has 0 bridgehead atoms. The van der Waals surface area contributed by atoms with Crippen LogP contribution in [-0.2, 0) is 11.3 Å². The molecule has 0 aromatic heterocycles. The number of carbonyl (C=O) groups excluding carboxylic acids is 1. The Hall–Kier alpha value is -1.39. The van der Waals surface area contributed by atoms with E-state index in [4.69, 9.17) is 0 Å². The van der Waals surface area contributed by atoms with Crippen LogP contribution in [0.4, 0.5) is 0 Å². The molecule has 2 rings (SSSR count). The lowest BCUT2D eigenvalue weighted by molar-refractivity contribution is -0.133. The predicted octanol–water partition coefficient (Wildman–Crippen LogP) is 1.07. The van der Waals surface area contributed by atoms with E-state index in [1.807, 2.05) is 24.0 Å². The number of likely N-dealkylation sites (N-methyl/N-ethyl adjacent to an activating group) is 1. The maximum absolute atomic E-state index is 12.4. The van der Waals surface area contributed by atoms with Crippen molar-refractivity contribution < 1.29 is 9.90 Å². The Balaban J connectivity index is 2.04. The van der Waals surface area contributed by atoms with Gasteiger partial charge in [0.1, 0.15) is 0 Å². The minimum atomic E-state index is -0.397. The number of nitrogens with one attached hydrogen (secondary N) is 1. The molecule has 1 aromatic rings. The highest BCUT2D eigenvalue weighted by molar-refractivity contribution is 5.82. The Morgan fingerprint density at radius 3 is 2.79 bits per heavy atom. The number of hydrogen-bond acceptors (Lipinski definition) is 3. The second kappa shape index (κ2) is 6.17. The Morgan fingerprint density at radius 1 is 1.47 bits per heavy atom. The summed E-state index contributed by atoms with van der Waals surface area (Å²) in [6, 6.07) is 7.89. The first-order valence-electron chi connectivity index (χ1n) is 6.86. The lowest BCUT2D eigenvalue weighted by Gasteiger charge is -2.25. The van der Waals surface area contributed by atoms with Gasteiger partial charge in [-0.2, -0.15) is 0 Å². The fourth-order valence-electron chi connectivity index (χ4n) is 2.46. The van der Waals surface area contributed by atoms with Crippen molar-refractivity contribution in [1.29, 1.82) is 0 Å². The van der Waals surface area contributed by atoms with Crippen LogP contribution < -0.4 is 5.32 Å². The first kappa shape index (κ1) is 14.0. The monoisotopic (exact) mass is 262 g/mol. The number of β-amino-alcohol motifs (C(OH)–C–C–N with tert-alkyl or cyclic N) is 1. The second-order valence-corrected chi connectivity index (χ2v) is 5.13. The molecule has 0 radical (unpaired) electrons. The number of benzene rings is 1. The van der Waals surface area contributed by atoms with Crippen molar-refractivity contribution in [3.05, 3.63) is 35.4 Å². The summed E-state index contributed by atoms with van der Waals surface area (Å²) in [5, 5.41) is 12.6. The summed E-state index contributed by atoms with van der Waals surface area (Å²) in [5.41, 5.74) is 2.38. The second-order valence-electron chi connectivity index (χ2n) is 5.13. The SMILES string of the molecule is CCN(Cc1ccccc1C)C(=O)C1CC(O)CN1. The molecular formula is C15H22N2O2. The van der Waals surface area contributed by atoms with Gasteiger partial charge in [-0.05, 0) is 31.4 Å². The van der Waals surface area contributed by atoms with Crippen molar-refractivity contribution in [3.8, 4) is 0 Å². The van der Waals surface area contributed by atoms with Gasteiger partial charge in [-0.25, -0.2) is 0 Å². The van der Waals surface area contributed by atoms with Crippen molar-refractivity contribution in [2.45, 2.75) is 39.0 Å². The molecule has 4 heteroatoms. The third-order valence-electron chi connectivity index (χ3n) is 3.72. The van der Waals surface area contributed by atoms with Crippen LogP contribution in [-0.4, -0.2) is 41.1 Å². The molecule has 0 saturated carbocycles. The maximum Gasteiger partial charge on any atom is 0.240 e. The van der Waals surface area contributed by atoms with Gasteiger partial charge in [0.25, 0.3) is 0 Å². The fourth-order valence-corrected chi connectivity index (χ4v) is 2.46.